The van der Waals surface area contributed by atoms with Crippen molar-refractivity contribution in [1.82, 2.24) is 0 Å². The number of aldehydes is 1. The molecule has 0 aromatic carbocycles. The molecule has 0 atom stereocenters. The number of ether oxygens (including phenoxy) is 2. The van der Waals surface area contributed by atoms with Gasteiger partial charge in [0, 0.05) is 5.92 Å². The summed E-state index contributed by atoms with van der Waals surface area (Å²) in [5.74, 6) is 0.348. The first-order valence-electron chi connectivity index (χ1n) is 4.27. The van der Waals surface area contributed by atoms with E-state index in [1.165, 1.54) is 0 Å². The summed E-state index contributed by atoms with van der Waals surface area (Å²) in [7, 11) is 0. The largest absolute Gasteiger partial charge is 0.351 e. The lowest BCUT2D eigenvalue weighted by molar-refractivity contribution is -0.235. The summed E-state index contributed by atoms with van der Waals surface area (Å²) in [4.78, 5) is 10.6. The molecule has 0 aliphatic carbocycles. The molecule has 3 nitrogen and oxygen atoms in total. The van der Waals surface area contributed by atoms with Crippen LogP contribution in [0.5, 0.6) is 0 Å². The fraction of sp³-hybridized carbons (Fsp3) is 0.889. The quantitative estimate of drug-likeness (QED) is 0.587. The number of carbonyl (C=O) groups excluding carboxylic acids is 1. The predicted octanol–water partition coefficient (Wildman–Crippen LogP) is 1.22. The van der Waals surface area contributed by atoms with Crippen LogP contribution in [0.15, 0.2) is 0 Å². The highest BCUT2D eigenvalue weighted by Crippen LogP contribution is 2.24. The Kier molecular flexibility index (Phi) is 2.85. The maximum atomic E-state index is 10.6. The summed E-state index contributed by atoms with van der Waals surface area (Å²) in [5, 5.41) is 0. The van der Waals surface area contributed by atoms with E-state index in [1.807, 2.05) is 20.8 Å². The van der Waals surface area contributed by atoms with Crippen molar-refractivity contribution in [3.63, 3.8) is 0 Å². The van der Waals surface area contributed by atoms with E-state index in [0.29, 0.717) is 19.1 Å². The third-order valence-electron chi connectivity index (χ3n) is 1.98. The Morgan fingerprint density at radius 2 is 1.92 bits per heavy atom. The molecule has 1 heterocycles. The topological polar surface area (TPSA) is 35.5 Å². The smallest absolute Gasteiger partial charge is 0.159 e. The normalized spacial score (nSPS) is 36.8. The minimum atomic E-state index is -0.439. The monoisotopic (exact) mass is 172 g/mol. The molecule has 12 heavy (non-hydrogen) atoms. The van der Waals surface area contributed by atoms with Crippen LogP contribution < -0.4 is 0 Å². The Labute approximate surface area is 73.0 Å². The lowest BCUT2D eigenvalue weighted by Gasteiger charge is -2.35. The van der Waals surface area contributed by atoms with Crippen molar-refractivity contribution < 1.29 is 14.3 Å². The first kappa shape index (κ1) is 9.68. The zero-order valence-electron chi connectivity index (χ0n) is 7.87. The van der Waals surface area contributed by atoms with Gasteiger partial charge < -0.3 is 14.3 Å². The highest BCUT2D eigenvalue weighted by atomic mass is 16.7. The van der Waals surface area contributed by atoms with Gasteiger partial charge in [0.25, 0.3) is 0 Å². The van der Waals surface area contributed by atoms with E-state index in [4.69, 9.17) is 9.47 Å². The summed E-state index contributed by atoms with van der Waals surface area (Å²) in [5.41, 5.74) is -0.439. The minimum Gasteiger partial charge on any atom is -0.351 e. The van der Waals surface area contributed by atoms with Crippen molar-refractivity contribution in [3.8, 4) is 0 Å². The Bertz CT molecular complexity index is 157. The van der Waals surface area contributed by atoms with Crippen LogP contribution in [0.2, 0.25) is 0 Å². The number of hydrogen-bond acceptors (Lipinski definition) is 3. The molecular formula is C9H16O3. The van der Waals surface area contributed by atoms with Crippen molar-refractivity contribution in [2.75, 3.05) is 13.2 Å². The predicted molar refractivity (Wildman–Crippen MR) is 44.7 cm³/mol. The summed E-state index contributed by atoms with van der Waals surface area (Å²) < 4.78 is 10.8. The van der Waals surface area contributed by atoms with Gasteiger partial charge in [-0.2, -0.15) is 0 Å². The van der Waals surface area contributed by atoms with Crippen LogP contribution in [0.4, 0.5) is 0 Å². The second-order valence-corrected chi connectivity index (χ2v) is 4.01. The second kappa shape index (κ2) is 3.54. The molecule has 0 saturated carbocycles. The van der Waals surface area contributed by atoms with Crippen molar-refractivity contribution in [3.05, 3.63) is 0 Å². The molecule has 1 aliphatic heterocycles. The number of hydrogen-bond donors (Lipinski definition) is 0. The molecule has 1 saturated heterocycles. The van der Waals surface area contributed by atoms with E-state index in [-0.39, 0.29) is 6.29 Å². The number of carbonyl (C=O) groups is 1. The van der Waals surface area contributed by atoms with Gasteiger partial charge in [-0.25, -0.2) is 0 Å². The Morgan fingerprint density at radius 3 is 2.25 bits per heavy atom. The lowest BCUT2D eigenvalue weighted by atomic mass is 9.94. The molecule has 0 radical (unpaired) electrons. The average Bonchev–Trinajstić information content (AvgIpc) is 2.05. The van der Waals surface area contributed by atoms with Crippen molar-refractivity contribution in [2.45, 2.75) is 27.1 Å². The molecular weight excluding hydrogens is 156 g/mol. The van der Waals surface area contributed by atoms with E-state index in [2.05, 4.69) is 0 Å². The second-order valence-electron chi connectivity index (χ2n) is 4.01. The summed E-state index contributed by atoms with van der Waals surface area (Å²) in [6.07, 6.45) is 0.766. The maximum Gasteiger partial charge on any atom is 0.159 e. The Hall–Kier alpha value is -0.410. The van der Waals surface area contributed by atoms with Crippen LogP contribution in [0.25, 0.3) is 0 Å². The summed E-state index contributed by atoms with van der Waals surface area (Å²) in [6.45, 7) is 6.86. The SMILES string of the molecule is CC(C)C1OCC(C)(C=O)CO1. The number of rotatable bonds is 2. The van der Waals surface area contributed by atoms with E-state index < -0.39 is 5.41 Å². The minimum absolute atomic E-state index is 0.141. The van der Waals surface area contributed by atoms with Gasteiger partial charge in [0.2, 0.25) is 0 Å². The van der Waals surface area contributed by atoms with Crippen LogP contribution in [-0.2, 0) is 14.3 Å². The molecule has 1 aliphatic rings. The van der Waals surface area contributed by atoms with Gasteiger partial charge in [-0.3, -0.25) is 0 Å². The molecule has 3 heteroatoms. The molecule has 0 bridgehead atoms. The van der Waals surface area contributed by atoms with Crippen LogP contribution in [0.1, 0.15) is 20.8 Å². The molecule has 0 aromatic heterocycles. The van der Waals surface area contributed by atoms with Gasteiger partial charge in [0.05, 0.1) is 18.6 Å². The van der Waals surface area contributed by atoms with Crippen LogP contribution >= 0.6 is 0 Å². The first-order chi connectivity index (χ1) is 5.57. The molecule has 1 rings (SSSR count). The Morgan fingerprint density at radius 1 is 1.42 bits per heavy atom. The van der Waals surface area contributed by atoms with Crippen LogP contribution in [0, 0.1) is 11.3 Å². The lowest BCUT2D eigenvalue weighted by Crippen LogP contribution is -2.42. The first-order valence-corrected chi connectivity index (χ1v) is 4.27. The highest BCUT2D eigenvalue weighted by molar-refractivity contribution is 5.59. The van der Waals surface area contributed by atoms with Gasteiger partial charge >= 0.3 is 0 Å². The van der Waals surface area contributed by atoms with Gasteiger partial charge in [0.15, 0.2) is 6.29 Å². The maximum absolute atomic E-state index is 10.6. The van der Waals surface area contributed by atoms with Gasteiger partial charge in [-0.05, 0) is 6.92 Å². The van der Waals surface area contributed by atoms with Crippen molar-refractivity contribution >= 4 is 6.29 Å². The van der Waals surface area contributed by atoms with Gasteiger partial charge in [0.1, 0.15) is 6.29 Å². The zero-order chi connectivity index (χ0) is 9.19. The van der Waals surface area contributed by atoms with E-state index in [9.17, 15) is 4.79 Å². The molecule has 0 N–H and O–H groups in total. The van der Waals surface area contributed by atoms with Gasteiger partial charge in [-0.1, -0.05) is 13.8 Å². The fourth-order valence-corrected chi connectivity index (χ4v) is 1.09. The van der Waals surface area contributed by atoms with E-state index in [0.717, 1.165) is 6.29 Å². The van der Waals surface area contributed by atoms with E-state index >= 15 is 0 Å². The molecule has 70 valence electrons. The molecule has 1 fully saturated rings. The fourth-order valence-electron chi connectivity index (χ4n) is 1.09. The van der Waals surface area contributed by atoms with Gasteiger partial charge in [-0.15, -0.1) is 0 Å². The highest BCUT2D eigenvalue weighted by Gasteiger charge is 2.33. The van der Waals surface area contributed by atoms with Crippen LogP contribution in [-0.4, -0.2) is 25.8 Å². The standard InChI is InChI=1S/C9H16O3/c1-7(2)8-11-5-9(3,4-10)6-12-8/h4,7-8H,5-6H2,1-3H3. The Balaban J connectivity index is 2.44. The molecule has 0 amide bonds. The third kappa shape index (κ3) is 2.05. The average molecular weight is 172 g/mol. The zero-order valence-corrected chi connectivity index (χ0v) is 7.87. The van der Waals surface area contributed by atoms with Crippen molar-refractivity contribution in [1.29, 1.82) is 0 Å². The molecule has 0 spiro atoms. The third-order valence-corrected chi connectivity index (χ3v) is 1.98. The summed E-state index contributed by atoms with van der Waals surface area (Å²) >= 11 is 0. The van der Waals surface area contributed by atoms with Crippen LogP contribution in [0.3, 0.4) is 0 Å². The summed E-state index contributed by atoms with van der Waals surface area (Å²) in [6, 6.07) is 0. The molecule has 0 aromatic rings. The van der Waals surface area contributed by atoms with Crippen molar-refractivity contribution in [2.24, 2.45) is 11.3 Å². The van der Waals surface area contributed by atoms with E-state index in [1.54, 1.807) is 0 Å². The molecule has 0 unspecified atom stereocenters.